The highest BCUT2D eigenvalue weighted by molar-refractivity contribution is 5.85. The van der Waals surface area contributed by atoms with Gasteiger partial charge in [-0.3, -0.25) is 9.59 Å². The number of piperidine rings is 1. The molecule has 1 aromatic rings. The lowest BCUT2D eigenvalue weighted by atomic mass is 9.83. The summed E-state index contributed by atoms with van der Waals surface area (Å²) in [7, 11) is 1.82. The minimum Gasteiger partial charge on any atom is -0.339 e. The maximum Gasteiger partial charge on any atom is 0.228 e. The van der Waals surface area contributed by atoms with Gasteiger partial charge in [-0.2, -0.15) is 0 Å². The summed E-state index contributed by atoms with van der Waals surface area (Å²) in [5.74, 6) is 0.505. The van der Waals surface area contributed by atoms with E-state index in [0.717, 1.165) is 18.5 Å². The molecule has 0 bridgehead atoms. The monoisotopic (exact) mass is 329 g/mol. The Bertz CT molecular complexity index is 604. The lowest BCUT2D eigenvalue weighted by Crippen LogP contribution is -2.48. The van der Waals surface area contributed by atoms with Crippen molar-refractivity contribution in [3.8, 4) is 0 Å². The van der Waals surface area contributed by atoms with Gasteiger partial charge in [0.1, 0.15) is 0 Å². The molecule has 2 aliphatic heterocycles. The maximum absolute atomic E-state index is 13.3. The van der Waals surface area contributed by atoms with Crippen LogP contribution in [0.25, 0.3) is 0 Å². The number of hydrogen-bond donors (Lipinski definition) is 1. The fourth-order valence-corrected chi connectivity index (χ4v) is 4.24. The molecule has 1 aromatic carbocycles. The zero-order valence-corrected chi connectivity index (χ0v) is 14.5. The lowest BCUT2D eigenvalue weighted by molar-refractivity contribution is -0.147. The van der Waals surface area contributed by atoms with E-state index in [4.69, 9.17) is 5.73 Å². The van der Waals surface area contributed by atoms with E-state index in [1.807, 2.05) is 42.3 Å². The molecule has 0 radical (unpaired) electrons. The first-order valence-corrected chi connectivity index (χ1v) is 8.84. The fourth-order valence-electron chi connectivity index (χ4n) is 4.24. The number of hydrogen-bond acceptors (Lipinski definition) is 3. The number of carbonyl (C=O) groups excluding carboxylic acids is 2. The van der Waals surface area contributed by atoms with Crippen molar-refractivity contribution in [2.24, 2.45) is 17.6 Å². The molecule has 4 atom stereocenters. The van der Waals surface area contributed by atoms with Crippen molar-refractivity contribution in [1.82, 2.24) is 9.80 Å². The van der Waals surface area contributed by atoms with Gasteiger partial charge in [0.25, 0.3) is 0 Å². The largest absolute Gasteiger partial charge is 0.339 e. The van der Waals surface area contributed by atoms with Crippen LogP contribution in [0.1, 0.15) is 37.8 Å². The van der Waals surface area contributed by atoms with Crippen LogP contribution in [0.5, 0.6) is 0 Å². The van der Waals surface area contributed by atoms with E-state index in [2.05, 4.69) is 6.92 Å². The Morgan fingerprint density at radius 2 is 2.00 bits per heavy atom. The average molecular weight is 329 g/mol. The Hall–Kier alpha value is -1.88. The van der Waals surface area contributed by atoms with Gasteiger partial charge in [-0.05, 0) is 37.8 Å². The average Bonchev–Trinajstić information content (AvgIpc) is 2.98. The molecule has 0 spiro atoms. The summed E-state index contributed by atoms with van der Waals surface area (Å²) in [6.45, 7) is 3.47. The van der Waals surface area contributed by atoms with Crippen LogP contribution < -0.4 is 5.73 Å². The Morgan fingerprint density at radius 3 is 2.62 bits per heavy atom. The van der Waals surface area contributed by atoms with Gasteiger partial charge >= 0.3 is 0 Å². The van der Waals surface area contributed by atoms with Crippen LogP contribution in [0.15, 0.2) is 30.3 Å². The van der Waals surface area contributed by atoms with Gasteiger partial charge in [0.05, 0.1) is 12.0 Å². The van der Waals surface area contributed by atoms with Crippen LogP contribution in [-0.4, -0.2) is 47.8 Å². The zero-order chi connectivity index (χ0) is 17.3. The van der Waals surface area contributed by atoms with Crippen LogP contribution in [0.4, 0.5) is 0 Å². The molecule has 2 heterocycles. The predicted octanol–water partition coefficient (Wildman–Crippen LogP) is 1.79. The van der Waals surface area contributed by atoms with Crippen molar-refractivity contribution in [3.63, 3.8) is 0 Å². The van der Waals surface area contributed by atoms with Crippen molar-refractivity contribution in [2.45, 2.75) is 38.3 Å². The third kappa shape index (κ3) is 3.05. The van der Waals surface area contributed by atoms with E-state index in [9.17, 15) is 9.59 Å². The molecular formula is C19H27N3O2. The molecule has 5 nitrogen and oxygen atoms in total. The van der Waals surface area contributed by atoms with Crippen LogP contribution in [0.2, 0.25) is 0 Å². The third-order valence-electron chi connectivity index (χ3n) is 5.60. The van der Waals surface area contributed by atoms with Crippen LogP contribution in [0.3, 0.4) is 0 Å². The molecular weight excluding hydrogens is 302 g/mol. The second kappa shape index (κ2) is 6.93. The summed E-state index contributed by atoms with van der Waals surface area (Å²) in [5, 5.41) is 0. The highest BCUT2D eigenvalue weighted by Crippen LogP contribution is 2.38. The number of benzene rings is 1. The maximum atomic E-state index is 13.3. The first-order valence-electron chi connectivity index (χ1n) is 8.84. The van der Waals surface area contributed by atoms with E-state index in [1.165, 1.54) is 0 Å². The van der Waals surface area contributed by atoms with Crippen molar-refractivity contribution >= 4 is 11.8 Å². The highest BCUT2D eigenvalue weighted by atomic mass is 16.2. The van der Waals surface area contributed by atoms with Gasteiger partial charge in [0.15, 0.2) is 0 Å². The van der Waals surface area contributed by atoms with Crippen LogP contribution in [-0.2, 0) is 9.59 Å². The number of carbonyl (C=O) groups is 2. The van der Waals surface area contributed by atoms with Crippen LogP contribution >= 0.6 is 0 Å². The molecule has 5 heteroatoms. The molecule has 24 heavy (non-hydrogen) atoms. The number of nitrogens with two attached hydrogens (primary N) is 1. The fraction of sp³-hybridized carbons (Fsp3) is 0.579. The van der Waals surface area contributed by atoms with Gasteiger partial charge in [-0.25, -0.2) is 0 Å². The predicted molar refractivity (Wildman–Crippen MR) is 93.0 cm³/mol. The van der Waals surface area contributed by atoms with Crippen molar-refractivity contribution in [2.75, 3.05) is 20.1 Å². The molecule has 4 unspecified atom stereocenters. The Morgan fingerprint density at radius 1 is 1.29 bits per heavy atom. The molecule has 0 aromatic heterocycles. The number of nitrogens with zero attached hydrogens (tertiary/aromatic N) is 2. The highest BCUT2D eigenvalue weighted by Gasteiger charge is 2.43. The first-order chi connectivity index (χ1) is 11.5. The summed E-state index contributed by atoms with van der Waals surface area (Å²) in [6.07, 6.45) is 2.04. The third-order valence-corrected chi connectivity index (χ3v) is 5.60. The Labute approximate surface area is 143 Å². The number of rotatable bonds is 3. The number of amides is 2. The molecule has 2 aliphatic rings. The second-order valence-electron chi connectivity index (χ2n) is 7.18. The van der Waals surface area contributed by atoms with Crippen LogP contribution in [0, 0.1) is 11.8 Å². The topological polar surface area (TPSA) is 66.6 Å². The van der Waals surface area contributed by atoms with Crippen molar-refractivity contribution in [3.05, 3.63) is 35.9 Å². The first kappa shape index (κ1) is 17.0. The summed E-state index contributed by atoms with van der Waals surface area (Å²) in [5.41, 5.74) is 6.84. The van der Waals surface area contributed by atoms with Gasteiger partial charge in [0, 0.05) is 26.1 Å². The SMILES string of the molecule is CC1CC(CN)CN1C(=O)C1CCC(=O)N(C)C1c1ccccc1. The molecule has 3 rings (SSSR count). The van der Waals surface area contributed by atoms with Crippen molar-refractivity contribution in [1.29, 1.82) is 0 Å². The van der Waals surface area contributed by atoms with E-state index in [0.29, 0.717) is 25.3 Å². The number of likely N-dealkylation sites (tertiary alicyclic amines) is 2. The molecule has 2 amide bonds. The minimum atomic E-state index is -0.177. The van der Waals surface area contributed by atoms with Gasteiger partial charge < -0.3 is 15.5 Å². The summed E-state index contributed by atoms with van der Waals surface area (Å²) in [4.78, 5) is 29.2. The summed E-state index contributed by atoms with van der Waals surface area (Å²) >= 11 is 0. The normalized spacial score (nSPS) is 30.7. The summed E-state index contributed by atoms with van der Waals surface area (Å²) < 4.78 is 0. The Balaban J connectivity index is 1.87. The summed E-state index contributed by atoms with van der Waals surface area (Å²) in [6, 6.07) is 9.96. The van der Waals surface area contributed by atoms with E-state index in [-0.39, 0.29) is 29.8 Å². The smallest absolute Gasteiger partial charge is 0.228 e. The standard InChI is InChI=1S/C19H27N3O2/c1-13-10-14(11-20)12-22(13)19(24)16-8-9-17(23)21(2)18(16)15-6-4-3-5-7-15/h3-7,13-14,16,18H,8-12,20H2,1-2H3. The zero-order valence-electron chi connectivity index (χ0n) is 14.5. The van der Waals surface area contributed by atoms with Gasteiger partial charge in [-0.15, -0.1) is 0 Å². The van der Waals surface area contributed by atoms with E-state index in [1.54, 1.807) is 4.90 Å². The van der Waals surface area contributed by atoms with E-state index < -0.39 is 0 Å². The molecule has 130 valence electrons. The molecule has 2 fully saturated rings. The Kier molecular flexibility index (Phi) is 4.90. The molecule has 0 aliphatic carbocycles. The quantitative estimate of drug-likeness (QED) is 0.919. The van der Waals surface area contributed by atoms with Crippen molar-refractivity contribution < 1.29 is 9.59 Å². The van der Waals surface area contributed by atoms with E-state index >= 15 is 0 Å². The van der Waals surface area contributed by atoms with Gasteiger partial charge in [0.2, 0.25) is 11.8 Å². The van der Waals surface area contributed by atoms with Gasteiger partial charge in [-0.1, -0.05) is 30.3 Å². The molecule has 0 saturated carbocycles. The molecule has 2 saturated heterocycles. The second-order valence-corrected chi connectivity index (χ2v) is 7.18. The lowest BCUT2D eigenvalue weighted by Gasteiger charge is -2.40. The minimum absolute atomic E-state index is 0.113. The molecule has 2 N–H and O–H groups in total.